The Labute approximate surface area is 401 Å². The Morgan fingerprint density at radius 1 is 0.971 bits per heavy atom. The largest absolute Gasteiger partial charge is 0.489 e. The number of sulfonamides is 1. The van der Waals surface area contributed by atoms with E-state index in [0.717, 1.165) is 80.4 Å². The summed E-state index contributed by atoms with van der Waals surface area (Å²) in [6.07, 6.45) is 7.10. The fourth-order valence-corrected chi connectivity index (χ4v) is 11.7. The van der Waals surface area contributed by atoms with Crippen molar-refractivity contribution in [3.8, 4) is 11.6 Å². The monoisotopic (exact) mass is 964 g/mol. The number of nitro groups is 1. The summed E-state index contributed by atoms with van der Waals surface area (Å²) >= 11 is 6.31. The van der Waals surface area contributed by atoms with Crippen LogP contribution in [0, 0.1) is 21.4 Å². The van der Waals surface area contributed by atoms with Crippen LogP contribution in [0.2, 0.25) is 5.02 Å². The van der Waals surface area contributed by atoms with Crippen molar-refractivity contribution in [2.24, 2.45) is 11.3 Å². The van der Waals surface area contributed by atoms with E-state index in [0.29, 0.717) is 55.7 Å². The highest BCUT2D eigenvalue weighted by Gasteiger charge is 2.37. The van der Waals surface area contributed by atoms with E-state index in [2.05, 4.69) is 57.7 Å². The molecule has 4 aliphatic heterocycles. The van der Waals surface area contributed by atoms with Gasteiger partial charge >= 0.3 is 0 Å². The zero-order chi connectivity index (χ0) is 47.3. The van der Waals surface area contributed by atoms with E-state index in [-0.39, 0.29) is 47.0 Å². The number of carbonyl (C=O) groups is 1. The van der Waals surface area contributed by atoms with E-state index in [1.54, 1.807) is 12.3 Å². The Kier molecular flexibility index (Phi) is 12.5. The molecule has 0 spiro atoms. The molecule has 10 rings (SSSR count). The van der Waals surface area contributed by atoms with Crippen LogP contribution < -0.4 is 29.3 Å². The highest BCUT2D eigenvalue weighted by Crippen LogP contribution is 2.46. The topological polar surface area (TPSA) is 184 Å². The maximum Gasteiger partial charge on any atom is 0.297 e. The Hall–Kier alpha value is -5.88. The molecule has 0 saturated carbocycles. The molecule has 16 nitrogen and oxygen atoms in total. The smallest absolute Gasteiger partial charge is 0.297 e. The van der Waals surface area contributed by atoms with Crippen molar-refractivity contribution in [1.82, 2.24) is 19.6 Å². The van der Waals surface area contributed by atoms with Gasteiger partial charge in [0.1, 0.15) is 17.9 Å². The normalized spacial score (nSPS) is 20.6. The third-order valence-corrected chi connectivity index (χ3v) is 16.0. The zero-order valence-corrected chi connectivity index (χ0v) is 40.1. The van der Waals surface area contributed by atoms with Gasteiger partial charge in [0.15, 0.2) is 11.4 Å². The lowest BCUT2D eigenvalue weighted by atomic mass is 9.71. The van der Waals surface area contributed by atoms with Crippen molar-refractivity contribution >= 4 is 72.6 Å². The quantitative estimate of drug-likeness (QED) is 0.0891. The van der Waals surface area contributed by atoms with Crippen molar-refractivity contribution in [3.63, 3.8) is 0 Å². The number of nitro benzene ring substituents is 1. The highest BCUT2D eigenvalue weighted by atomic mass is 35.5. The van der Waals surface area contributed by atoms with Crippen LogP contribution in [0.1, 0.15) is 75.2 Å². The number of benzene rings is 3. The van der Waals surface area contributed by atoms with Crippen LogP contribution in [0.15, 0.2) is 83.4 Å². The number of hydrogen-bond acceptors (Lipinski definition) is 13. The number of nitrogens with zero attached hydrogens (tertiary/aromatic N) is 5. The molecule has 2 atom stereocenters. The Balaban J connectivity index is 0.945. The van der Waals surface area contributed by atoms with Crippen LogP contribution in [0.5, 0.6) is 11.6 Å². The number of nitrogens with one attached hydrogen (secondary N) is 3. The Morgan fingerprint density at radius 3 is 2.51 bits per heavy atom. The molecule has 1 amide bonds. The summed E-state index contributed by atoms with van der Waals surface area (Å²) in [5.41, 5.74) is 6.72. The van der Waals surface area contributed by atoms with Gasteiger partial charge < -0.3 is 34.3 Å². The van der Waals surface area contributed by atoms with Crippen molar-refractivity contribution in [3.05, 3.63) is 105 Å². The van der Waals surface area contributed by atoms with E-state index >= 15 is 0 Å². The van der Waals surface area contributed by atoms with Crippen LogP contribution in [0.25, 0.3) is 16.6 Å². The van der Waals surface area contributed by atoms with Crippen LogP contribution in [-0.4, -0.2) is 105 Å². The summed E-state index contributed by atoms with van der Waals surface area (Å²) in [5.74, 6) is -0.308. The number of aromatic nitrogens is 2. The van der Waals surface area contributed by atoms with Gasteiger partial charge in [0.05, 0.1) is 33.7 Å². The molecule has 2 fully saturated rings. The average molecular weight is 966 g/mol. The van der Waals surface area contributed by atoms with Gasteiger partial charge in [-0.2, -0.15) is 4.98 Å². The van der Waals surface area contributed by atoms with Gasteiger partial charge in [-0.15, -0.1) is 0 Å². The second-order valence-electron chi connectivity index (χ2n) is 19.4. The molecule has 18 heteroatoms. The number of aromatic amines is 1. The lowest BCUT2D eigenvalue weighted by Gasteiger charge is -2.43. The summed E-state index contributed by atoms with van der Waals surface area (Å²) in [7, 11) is -4.67. The number of pyridine rings is 1. The van der Waals surface area contributed by atoms with E-state index in [4.69, 9.17) is 30.8 Å². The second kappa shape index (κ2) is 18.6. The van der Waals surface area contributed by atoms with E-state index in [1.165, 1.54) is 22.8 Å². The minimum absolute atomic E-state index is 0.0287. The first-order valence-corrected chi connectivity index (χ1v) is 25.4. The minimum Gasteiger partial charge on any atom is -0.489 e. The lowest BCUT2D eigenvalue weighted by molar-refractivity contribution is -0.384. The van der Waals surface area contributed by atoms with Crippen molar-refractivity contribution in [2.45, 2.75) is 76.3 Å². The molecule has 1 aliphatic carbocycles. The number of H-pyrrole nitrogens is 1. The number of hydrogen-bond donors (Lipinski definition) is 3. The molecule has 0 bridgehead atoms. The maximum atomic E-state index is 14.5. The van der Waals surface area contributed by atoms with E-state index < -0.39 is 31.4 Å². The number of carbonyl (C=O) groups excluding carboxylic acids is 1. The lowest BCUT2D eigenvalue weighted by Crippen LogP contribution is -2.50. The molecule has 5 aliphatic rings. The van der Waals surface area contributed by atoms with Crippen LogP contribution >= 0.6 is 11.6 Å². The predicted molar refractivity (Wildman–Crippen MR) is 263 cm³/mol. The third-order valence-electron chi connectivity index (χ3n) is 14.5. The van der Waals surface area contributed by atoms with Gasteiger partial charge in [-0.05, 0) is 116 Å². The van der Waals surface area contributed by atoms with Gasteiger partial charge in [-0.1, -0.05) is 37.6 Å². The first-order chi connectivity index (χ1) is 32.7. The molecular formula is C50H57ClN8O8S. The Morgan fingerprint density at radius 2 is 1.75 bits per heavy atom. The number of rotatable bonds is 10. The standard InChI is InChI=1S/C50H57ClN8O8S/c1-31(38-11-15-50(2,3)29-40(38)32-5-7-35(51)8-6-32)56-18-20-57(21-19-56)36-9-10-39(42(26-36)58-17-4-22-66-49-44(58)25-34-12-16-52-47(34)54-49)48(60)55-68(63,64)37-27-43(59(61)62)46-45(28-37)67-30-41(53-46)33-13-23-65-24-14-33/h5-10,12,16,25-28,31,33,41,53H,4,11,13-15,17-24,29-30H2,1-3H3,(H,52,54)(H,55,60)/t31?,41-/m1/s1. The number of piperazine rings is 1. The number of allylic oxidation sites excluding steroid dienone is 1. The fraction of sp³-hybridized carbons (Fsp3) is 0.440. The van der Waals surface area contributed by atoms with Crippen LogP contribution in [-0.2, 0) is 14.8 Å². The third kappa shape index (κ3) is 9.20. The van der Waals surface area contributed by atoms with Gasteiger partial charge in [0.25, 0.3) is 21.6 Å². The zero-order valence-electron chi connectivity index (χ0n) is 38.6. The molecule has 0 radical (unpaired) electrons. The number of halogens is 1. The van der Waals surface area contributed by atoms with Crippen molar-refractivity contribution < 1.29 is 32.3 Å². The summed E-state index contributed by atoms with van der Waals surface area (Å²) in [6.45, 7) is 12.3. The van der Waals surface area contributed by atoms with E-state index in [9.17, 15) is 23.3 Å². The SMILES string of the molecule is CC(C1=C(c2ccc(Cl)cc2)CC(C)(C)CC1)N1CCN(c2ccc(C(=O)NS(=O)(=O)c3cc4c(c([N+](=O)[O-])c3)N[C@@H](C3CCOCC3)CO4)c(N3CCCOc4nc5[nH]ccc5cc43)c2)CC1. The molecule has 5 aromatic rings. The first kappa shape index (κ1) is 45.9. The van der Waals surface area contributed by atoms with E-state index in [1.807, 2.05) is 41.3 Å². The van der Waals surface area contributed by atoms with Crippen LogP contribution in [0.4, 0.5) is 28.4 Å². The van der Waals surface area contributed by atoms with Crippen molar-refractivity contribution in [1.29, 1.82) is 0 Å². The highest BCUT2D eigenvalue weighted by molar-refractivity contribution is 7.90. The number of fused-ring (bicyclic) bond motifs is 3. The molecule has 1 unspecified atom stereocenters. The fourth-order valence-electron chi connectivity index (χ4n) is 10.6. The second-order valence-corrected chi connectivity index (χ2v) is 21.5. The molecule has 68 heavy (non-hydrogen) atoms. The minimum atomic E-state index is -4.67. The molecule has 2 aromatic heterocycles. The molecule has 3 N–H and O–H groups in total. The van der Waals surface area contributed by atoms with Gasteiger partial charge in [-0.25, -0.2) is 13.1 Å². The summed E-state index contributed by atoms with van der Waals surface area (Å²) in [5, 5.41) is 17.3. The first-order valence-electron chi connectivity index (χ1n) is 23.6. The number of anilines is 4. The molecule has 3 aromatic carbocycles. The maximum absolute atomic E-state index is 14.5. The molecule has 358 valence electrons. The summed E-state index contributed by atoms with van der Waals surface area (Å²) in [4.78, 5) is 40.6. The summed E-state index contributed by atoms with van der Waals surface area (Å²) < 4.78 is 48.3. The average Bonchev–Trinajstić information content (AvgIpc) is 3.70. The number of amides is 1. The number of ether oxygens (including phenoxy) is 3. The van der Waals surface area contributed by atoms with Gasteiger partial charge in [0.2, 0.25) is 5.88 Å². The predicted octanol–water partition coefficient (Wildman–Crippen LogP) is 8.94. The molecule has 6 heterocycles. The van der Waals surface area contributed by atoms with Gasteiger partial charge in [-0.3, -0.25) is 19.8 Å². The molecule has 2 saturated heterocycles. The van der Waals surface area contributed by atoms with Crippen molar-refractivity contribution in [2.75, 3.05) is 74.3 Å². The van der Waals surface area contributed by atoms with Gasteiger partial charge in [0, 0.05) is 86.4 Å². The summed E-state index contributed by atoms with van der Waals surface area (Å²) in [6, 6.07) is 19.8. The Bertz CT molecular complexity index is 2890. The van der Waals surface area contributed by atoms with Crippen LogP contribution in [0.3, 0.4) is 0 Å². The molecular weight excluding hydrogens is 908 g/mol.